The van der Waals surface area contributed by atoms with Crippen molar-refractivity contribution in [1.82, 2.24) is 0 Å². The van der Waals surface area contributed by atoms with Crippen LogP contribution in [0.3, 0.4) is 0 Å². The highest BCUT2D eigenvalue weighted by molar-refractivity contribution is 5.86. The van der Waals surface area contributed by atoms with E-state index in [1.807, 2.05) is 34.6 Å². The zero-order valence-corrected chi connectivity index (χ0v) is 15.7. The third kappa shape index (κ3) is 3.27. The van der Waals surface area contributed by atoms with Gasteiger partial charge in [0.15, 0.2) is 0 Å². The molecule has 2 atom stereocenters. The molecule has 0 aromatic heterocycles. The van der Waals surface area contributed by atoms with E-state index in [9.17, 15) is 9.59 Å². The van der Waals surface area contributed by atoms with Gasteiger partial charge in [-0.1, -0.05) is 27.7 Å². The fourth-order valence-electron chi connectivity index (χ4n) is 4.99. The summed E-state index contributed by atoms with van der Waals surface area (Å²) in [6, 6.07) is 0. The number of hydrogen-bond acceptors (Lipinski definition) is 4. The van der Waals surface area contributed by atoms with E-state index in [1.54, 1.807) is 0 Å². The zero-order chi connectivity index (χ0) is 17.7. The lowest BCUT2D eigenvalue weighted by molar-refractivity contribution is -0.195. The van der Waals surface area contributed by atoms with Crippen molar-refractivity contribution in [3.8, 4) is 0 Å². The van der Waals surface area contributed by atoms with Crippen molar-refractivity contribution in [2.24, 2.45) is 16.2 Å². The fraction of sp³-hybridized carbons (Fsp3) is 0.895. The average Bonchev–Trinajstić information content (AvgIpc) is 2.47. The van der Waals surface area contributed by atoms with Crippen LogP contribution in [0.2, 0.25) is 0 Å². The Morgan fingerprint density at radius 1 is 1.09 bits per heavy atom. The van der Waals surface area contributed by atoms with Crippen LogP contribution >= 0.6 is 0 Å². The first-order valence-corrected chi connectivity index (χ1v) is 8.90. The average molecular weight is 324 g/mol. The van der Waals surface area contributed by atoms with Crippen molar-refractivity contribution >= 4 is 11.9 Å². The van der Waals surface area contributed by atoms with E-state index >= 15 is 0 Å². The van der Waals surface area contributed by atoms with Gasteiger partial charge in [0.05, 0.1) is 5.41 Å². The summed E-state index contributed by atoms with van der Waals surface area (Å²) in [6.07, 6.45) is 4.06. The fourth-order valence-corrected chi connectivity index (χ4v) is 4.99. The van der Waals surface area contributed by atoms with E-state index in [4.69, 9.17) is 9.47 Å². The molecule has 23 heavy (non-hydrogen) atoms. The van der Waals surface area contributed by atoms with Crippen LogP contribution < -0.4 is 0 Å². The maximum Gasteiger partial charge on any atom is 0.350 e. The Bertz CT molecular complexity index is 484. The SMILES string of the molecule is CC.CC12CC3CC(C)(C1)CC(OC(=O)C(C)(C)C)(C2)C(=O)O3. The van der Waals surface area contributed by atoms with E-state index in [-0.39, 0.29) is 28.9 Å². The van der Waals surface area contributed by atoms with Gasteiger partial charge in [0, 0.05) is 12.8 Å². The molecule has 132 valence electrons. The Kier molecular flexibility index (Phi) is 4.36. The molecule has 4 heteroatoms. The Balaban J connectivity index is 0.000000924. The van der Waals surface area contributed by atoms with E-state index in [0.717, 1.165) is 19.3 Å². The maximum atomic E-state index is 12.6. The summed E-state index contributed by atoms with van der Waals surface area (Å²) >= 11 is 0. The van der Waals surface area contributed by atoms with Crippen LogP contribution in [0.5, 0.6) is 0 Å². The largest absolute Gasteiger partial charge is 0.459 e. The molecule has 2 saturated carbocycles. The number of ether oxygens (including phenoxy) is 2. The number of hydrogen-bond donors (Lipinski definition) is 0. The first-order valence-electron chi connectivity index (χ1n) is 8.90. The molecule has 0 aromatic carbocycles. The monoisotopic (exact) mass is 324 g/mol. The summed E-state index contributed by atoms with van der Waals surface area (Å²) < 4.78 is 11.5. The molecule has 4 bridgehead atoms. The number of rotatable bonds is 1. The van der Waals surface area contributed by atoms with Crippen molar-refractivity contribution < 1.29 is 19.1 Å². The van der Waals surface area contributed by atoms with Gasteiger partial charge in [0.2, 0.25) is 5.60 Å². The summed E-state index contributed by atoms with van der Waals surface area (Å²) in [4.78, 5) is 25.0. The van der Waals surface area contributed by atoms with Gasteiger partial charge in [-0.3, -0.25) is 4.79 Å². The van der Waals surface area contributed by atoms with E-state index < -0.39 is 11.0 Å². The minimum Gasteiger partial charge on any atom is -0.459 e. The van der Waals surface area contributed by atoms with Crippen LogP contribution in [0.15, 0.2) is 0 Å². The highest BCUT2D eigenvalue weighted by Gasteiger charge is 2.64. The molecular weight excluding hydrogens is 292 g/mol. The Morgan fingerprint density at radius 3 is 2.00 bits per heavy atom. The molecule has 0 spiro atoms. The molecule has 4 aliphatic rings. The molecule has 2 heterocycles. The van der Waals surface area contributed by atoms with Crippen molar-refractivity contribution in [1.29, 1.82) is 0 Å². The van der Waals surface area contributed by atoms with Gasteiger partial charge < -0.3 is 9.47 Å². The van der Waals surface area contributed by atoms with Gasteiger partial charge in [-0.05, 0) is 50.9 Å². The highest BCUT2D eigenvalue weighted by Crippen LogP contribution is 2.62. The second-order valence-corrected chi connectivity index (χ2v) is 9.22. The lowest BCUT2D eigenvalue weighted by Crippen LogP contribution is -2.55. The molecule has 4 nitrogen and oxygen atoms in total. The first-order chi connectivity index (χ1) is 10.5. The predicted octanol–water partition coefficient (Wildman–Crippen LogP) is 4.26. The molecule has 4 fully saturated rings. The Hall–Kier alpha value is -1.06. The normalized spacial score (nSPS) is 41.5. The number of carbonyl (C=O) groups excluding carboxylic acids is 2. The second kappa shape index (κ2) is 5.49. The smallest absolute Gasteiger partial charge is 0.350 e. The van der Waals surface area contributed by atoms with Crippen LogP contribution in [0, 0.1) is 16.2 Å². The van der Waals surface area contributed by atoms with Gasteiger partial charge in [0.25, 0.3) is 0 Å². The lowest BCUT2D eigenvalue weighted by atomic mass is 9.52. The number of esters is 2. The topological polar surface area (TPSA) is 52.6 Å². The Labute approximate surface area is 140 Å². The predicted molar refractivity (Wildman–Crippen MR) is 88.8 cm³/mol. The Morgan fingerprint density at radius 2 is 1.57 bits per heavy atom. The zero-order valence-electron chi connectivity index (χ0n) is 15.7. The highest BCUT2D eigenvalue weighted by atomic mass is 16.6. The van der Waals surface area contributed by atoms with Crippen LogP contribution in [0.1, 0.15) is 80.6 Å². The van der Waals surface area contributed by atoms with Crippen molar-refractivity contribution in [3.63, 3.8) is 0 Å². The molecule has 2 aliphatic carbocycles. The molecule has 0 radical (unpaired) electrons. The summed E-state index contributed by atoms with van der Waals surface area (Å²) in [6.45, 7) is 13.9. The van der Waals surface area contributed by atoms with E-state index in [1.165, 1.54) is 0 Å². The molecule has 0 aromatic rings. The minimum atomic E-state index is -1.07. The van der Waals surface area contributed by atoms with Gasteiger partial charge in [-0.2, -0.15) is 0 Å². The summed E-state index contributed by atoms with van der Waals surface area (Å²) in [5.41, 5.74) is -1.63. The van der Waals surface area contributed by atoms with Crippen molar-refractivity contribution in [2.45, 2.75) is 92.3 Å². The van der Waals surface area contributed by atoms with Crippen LogP contribution in [-0.2, 0) is 19.1 Å². The van der Waals surface area contributed by atoms with Crippen molar-refractivity contribution in [3.05, 3.63) is 0 Å². The summed E-state index contributed by atoms with van der Waals surface area (Å²) in [5, 5.41) is 0. The van der Waals surface area contributed by atoms with E-state index in [0.29, 0.717) is 12.8 Å². The first kappa shape index (κ1) is 18.3. The molecule has 0 N–H and O–H groups in total. The summed E-state index contributed by atoms with van der Waals surface area (Å²) in [7, 11) is 0. The van der Waals surface area contributed by atoms with Crippen LogP contribution in [0.25, 0.3) is 0 Å². The quantitative estimate of drug-likeness (QED) is 0.676. The number of fused-ring (bicyclic) bond motifs is 1. The van der Waals surface area contributed by atoms with Gasteiger partial charge >= 0.3 is 11.9 Å². The van der Waals surface area contributed by atoms with Gasteiger partial charge in [-0.25, -0.2) is 4.79 Å². The summed E-state index contributed by atoms with van der Waals surface area (Å²) in [5.74, 6) is -0.636. The molecule has 2 aliphatic heterocycles. The molecule has 0 amide bonds. The number of carbonyl (C=O) groups is 2. The standard InChI is InChI=1S/C17H26O4.C2H6/c1-14(2,3)12(18)21-17-9-15(4)6-11(20-13(17)19)7-16(5,8-15)10-17;1-2/h11H,6-10H2,1-5H3;1-2H3. The lowest BCUT2D eigenvalue weighted by Gasteiger charge is -2.53. The van der Waals surface area contributed by atoms with Gasteiger partial charge in [0.1, 0.15) is 6.10 Å². The third-order valence-corrected chi connectivity index (χ3v) is 5.27. The molecule has 2 unspecified atom stereocenters. The molecule has 2 saturated heterocycles. The third-order valence-electron chi connectivity index (χ3n) is 5.27. The minimum absolute atomic E-state index is 0.0148. The molecular formula is C19H32O4. The van der Waals surface area contributed by atoms with Crippen LogP contribution in [0.4, 0.5) is 0 Å². The second-order valence-electron chi connectivity index (χ2n) is 9.22. The maximum absolute atomic E-state index is 12.6. The van der Waals surface area contributed by atoms with E-state index in [2.05, 4.69) is 13.8 Å². The van der Waals surface area contributed by atoms with Gasteiger partial charge in [-0.15, -0.1) is 0 Å². The van der Waals surface area contributed by atoms with Crippen molar-refractivity contribution in [2.75, 3.05) is 0 Å². The van der Waals surface area contributed by atoms with Crippen LogP contribution in [-0.4, -0.2) is 23.6 Å². The molecule has 4 rings (SSSR count).